The van der Waals surface area contributed by atoms with Crippen LogP contribution in [-0.4, -0.2) is 50.8 Å². The van der Waals surface area contributed by atoms with E-state index < -0.39 is 0 Å². The summed E-state index contributed by atoms with van der Waals surface area (Å²) in [7, 11) is 1.71. The topological polar surface area (TPSA) is 46.1 Å². The van der Waals surface area contributed by atoms with Crippen LogP contribution in [0.4, 0.5) is 0 Å². The van der Waals surface area contributed by atoms with Crippen LogP contribution in [0, 0.1) is 5.92 Å². The van der Waals surface area contributed by atoms with Gasteiger partial charge >= 0.3 is 0 Å². The molecule has 3 atom stereocenters. The summed E-state index contributed by atoms with van der Waals surface area (Å²) in [6, 6.07) is 19.1. The number of likely N-dealkylation sites (tertiary alicyclic amines) is 1. The summed E-state index contributed by atoms with van der Waals surface area (Å²) in [5, 5.41) is 3.51. The first kappa shape index (κ1) is 23.9. The van der Waals surface area contributed by atoms with Gasteiger partial charge in [-0.15, -0.1) is 24.0 Å². The number of hydrogen-bond acceptors (Lipinski definition) is 3. The van der Waals surface area contributed by atoms with Crippen molar-refractivity contribution in [2.45, 2.75) is 31.8 Å². The van der Waals surface area contributed by atoms with E-state index in [0.29, 0.717) is 11.8 Å². The number of guanidine groups is 1. The average Bonchev–Trinajstić information content (AvgIpc) is 3.47. The van der Waals surface area contributed by atoms with Crippen molar-refractivity contribution in [3.63, 3.8) is 0 Å². The lowest BCUT2D eigenvalue weighted by atomic mass is 9.95. The van der Waals surface area contributed by atoms with Crippen LogP contribution in [0.2, 0.25) is 0 Å². The third kappa shape index (κ3) is 5.92. The van der Waals surface area contributed by atoms with Gasteiger partial charge in [-0.1, -0.05) is 42.5 Å². The first-order valence-electron chi connectivity index (χ1n) is 11.1. The molecule has 2 heterocycles. The van der Waals surface area contributed by atoms with Crippen molar-refractivity contribution >= 4 is 29.9 Å². The molecule has 2 saturated heterocycles. The molecule has 5 nitrogen and oxygen atoms in total. The van der Waals surface area contributed by atoms with Gasteiger partial charge in [-0.2, -0.15) is 0 Å². The van der Waals surface area contributed by atoms with Crippen LogP contribution in [0.25, 0.3) is 0 Å². The Morgan fingerprint density at radius 3 is 2.58 bits per heavy atom. The van der Waals surface area contributed by atoms with Crippen LogP contribution < -0.4 is 10.1 Å². The lowest BCUT2D eigenvalue weighted by Gasteiger charge is -2.23. The SMILES string of the molecule is CCNC(=NCC1CCOC1c1ccccc1)N1CCC(c2ccc(OC)cc2)C1.I. The van der Waals surface area contributed by atoms with Gasteiger partial charge in [0.2, 0.25) is 0 Å². The highest BCUT2D eigenvalue weighted by molar-refractivity contribution is 14.0. The number of nitrogens with one attached hydrogen (secondary N) is 1. The average molecular weight is 535 g/mol. The Bertz CT molecular complexity index is 828. The van der Waals surface area contributed by atoms with Crippen LogP contribution in [-0.2, 0) is 4.74 Å². The molecule has 0 bridgehead atoms. The maximum atomic E-state index is 6.05. The van der Waals surface area contributed by atoms with E-state index in [9.17, 15) is 0 Å². The van der Waals surface area contributed by atoms with E-state index in [2.05, 4.69) is 71.7 Å². The van der Waals surface area contributed by atoms with Gasteiger partial charge in [0.25, 0.3) is 0 Å². The largest absolute Gasteiger partial charge is 0.497 e. The fourth-order valence-corrected chi connectivity index (χ4v) is 4.56. The number of hydrogen-bond donors (Lipinski definition) is 1. The first-order valence-corrected chi connectivity index (χ1v) is 11.1. The monoisotopic (exact) mass is 535 g/mol. The number of nitrogens with zero attached hydrogens (tertiary/aromatic N) is 2. The summed E-state index contributed by atoms with van der Waals surface area (Å²) in [6.07, 6.45) is 2.37. The van der Waals surface area contributed by atoms with Gasteiger partial charge in [0.1, 0.15) is 5.75 Å². The molecule has 3 unspecified atom stereocenters. The van der Waals surface area contributed by atoms with E-state index in [1.807, 2.05) is 0 Å². The Hall–Kier alpha value is -1.80. The molecule has 168 valence electrons. The van der Waals surface area contributed by atoms with Crippen molar-refractivity contribution in [3.05, 3.63) is 65.7 Å². The molecule has 31 heavy (non-hydrogen) atoms. The maximum absolute atomic E-state index is 6.05. The smallest absolute Gasteiger partial charge is 0.193 e. The molecule has 1 N–H and O–H groups in total. The van der Waals surface area contributed by atoms with Gasteiger partial charge in [-0.25, -0.2) is 0 Å². The van der Waals surface area contributed by atoms with Gasteiger partial charge in [-0.05, 0) is 43.0 Å². The van der Waals surface area contributed by atoms with E-state index >= 15 is 0 Å². The van der Waals surface area contributed by atoms with Crippen molar-refractivity contribution in [1.82, 2.24) is 10.2 Å². The van der Waals surface area contributed by atoms with E-state index in [1.54, 1.807) is 7.11 Å². The Balaban J connectivity index is 0.00000272. The zero-order valence-corrected chi connectivity index (χ0v) is 20.8. The summed E-state index contributed by atoms with van der Waals surface area (Å²) in [5.74, 6) is 2.91. The minimum Gasteiger partial charge on any atom is -0.497 e. The Morgan fingerprint density at radius 2 is 1.87 bits per heavy atom. The zero-order valence-electron chi connectivity index (χ0n) is 18.5. The molecule has 2 aromatic carbocycles. The summed E-state index contributed by atoms with van der Waals surface area (Å²) >= 11 is 0. The van der Waals surface area contributed by atoms with Crippen LogP contribution in [0.1, 0.15) is 42.9 Å². The van der Waals surface area contributed by atoms with Crippen LogP contribution in [0.15, 0.2) is 59.6 Å². The first-order chi connectivity index (χ1) is 14.8. The number of benzene rings is 2. The number of aliphatic imine (C=N–C) groups is 1. The van der Waals surface area contributed by atoms with E-state index in [0.717, 1.165) is 57.3 Å². The molecule has 0 aliphatic carbocycles. The number of ether oxygens (including phenoxy) is 2. The quantitative estimate of drug-likeness (QED) is 0.327. The third-order valence-corrected chi connectivity index (χ3v) is 6.23. The van der Waals surface area contributed by atoms with Crippen molar-refractivity contribution in [3.8, 4) is 5.75 Å². The van der Waals surface area contributed by atoms with Gasteiger partial charge in [0.05, 0.1) is 13.2 Å². The zero-order chi connectivity index (χ0) is 20.8. The highest BCUT2D eigenvalue weighted by Gasteiger charge is 2.30. The van der Waals surface area contributed by atoms with Gasteiger partial charge < -0.3 is 19.7 Å². The molecule has 0 radical (unpaired) electrons. The van der Waals surface area contributed by atoms with Crippen molar-refractivity contribution in [2.24, 2.45) is 10.9 Å². The normalized spacial score (nSPS) is 23.5. The number of rotatable bonds is 6. The molecule has 0 saturated carbocycles. The summed E-state index contributed by atoms with van der Waals surface area (Å²) in [6.45, 7) is 6.67. The van der Waals surface area contributed by atoms with Crippen LogP contribution >= 0.6 is 24.0 Å². The molecule has 0 amide bonds. The Morgan fingerprint density at radius 1 is 1.10 bits per heavy atom. The second kappa shape index (κ2) is 11.7. The predicted molar refractivity (Wildman–Crippen MR) is 137 cm³/mol. The summed E-state index contributed by atoms with van der Waals surface area (Å²) in [5.41, 5.74) is 2.64. The number of methoxy groups -OCH3 is 1. The fraction of sp³-hybridized carbons (Fsp3) is 0.480. The summed E-state index contributed by atoms with van der Waals surface area (Å²) in [4.78, 5) is 7.45. The molecular weight excluding hydrogens is 501 g/mol. The fourth-order valence-electron chi connectivity index (χ4n) is 4.56. The molecule has 2 fully saturated rings. The van der Waals surface area contributed by atoms with Gasteiger partial charge in [0, 0.05) is 44.6 Å². The van der Waals surface area contributed by atoms with Gasteiger partial charge in [-0.3, -0.25) is 4.99 Å². The Labute approximate surface area is 203 Å². The molecule has 2 aromatic rings. The lowest BCUT2D eigenvalue weighted by molar-refractivity contribution is 0.0925. The van der Waals surface area contributed by atoms with Crippen molar-refractivity contribution in [2.75, 3.05) is 39.9 Å². The van der Waals surface area contributed by atoms with Crippen molar-refractivity contribution < 1.29 is 9.47 Å². The number of halogens is 1. The Kier molecular flexibility index (Phi) is 9.02. The minimum atomic E-state index is 0. The van der Waals surface area contributed by atoms with Gasteiger partial charge in [0.15, 0.2) is 5.96 Å². The lowest BCUT2D eigenvalue weighted by Crippen LogP contribution is -2.40. The van der Waals surface area contributed by atoms with E-state index in [4.69, 9.17) is 14.5 Å². The molecular formula is C25H34IN3O2. The minimum absolute atomic E-state index is 0. The van der Waals surface area contributed by atoms with Crippen LogP contribution in [0.3, 0.4) is 0 Å². The molecule has 4 rings (SSSR count). The molecule has 2 aliphatic heterocycles. The maximum Gasteiger partial charge on any atom is 0.193 e. The highest BCUT2D eigenvalue weighted by Crippen LogP contribution is 2.35. The van der Waals surface area contributed by atoms with Crippen molar-refractivity contribution in [1.29, 1.82) is 0 Å². The predicted octanol–water partition coefficient (Wildman–Crippen LogP) is 4.85. The third-order valence-electron chi connectivity index (χ3n) is 6.23. The molecule has 6 heteroatoms. The highest BCUT2D eigenvalue weighted by atomic mass is 127. The van der Waals surface area contributed by atoms with E-state index in [-0.39, 0.29) is 30.1 Å². The molecule has 2 aliphatic rings. The molecule has 0 spiro atoms. The van der Waals surface area contributed by atoms with Crippen LogP contribution in [0.5, 0.6) is 5.75 Å². The second-order valence-electron chi connectivity index (χ2n) is 8.15. The standard InChI is InChI=1S/C25H33N3O2.HI/c1-3-26-25(27-17-21-14-16-30-24(21)20-7-5-4-6-8-20)28-15-13-22(18-28)19-9-11-23(29-2)12-10-19;/h4-12,21-22,24H,3,13-18H2,1-2H3,(H,26,27);1H. The van der Waals surface area contributed by atoms with E-state index in [1.165, 1.54) is 11.1 Å². The second-order valence-corrected chi connectivity index (χ2v) is 8.15. The summed E-state index contributed by atoms with van der Waals surface area (Å²) < 4.78 is 11.3. The molecule has 0 aromatic heterocycles.